The van der Waals surface area contributed by atoms with Gasteiger partial charge in [0.15, 0.2) is 17.4 Å². The Kier molecular flexibility index (Phi) is 8.08. The van der Waals surface area contributed by atoms with Crippen molar-refractivity contribution < 1.29 is 36.2 Å². The third-order valence-corrected chi connectivity index (χ3v) is 6.03. The van der Waals surface area contributed by atoms with Crippen molar-refractivity contribution in [3.05, 3.63) is 70.1 Å². The molecule has 0 saturated carbocycles. The SMILES string of the molecule is CCCN1c2cc(OCc3cc(F)c(Oc4cccc(OC(F)(F)F)c4)c(F)c3)nc(=O)n2CCC1CC. The lowest BCUT2D eigenvalue weighted by Gasteiger charge is -2.38. The fraction of sp³-hybridized carbons (Fsp3) is 0.385. The number of hydrogen-bond donors (Lipinski definition) is 0. The van der Waals surface area contributed by atoms with Gasteiger partial charge in [0, 0.05) is 31.3 Å². The molecule has 38 heavy (non-hydrogen) atoms. The molecule has 7 nitrogen and oxygen atoms in total. The summed E-state index contributed by atoms with van der Waals surface area (Å²) < 4.78 is 82.9. The zero-order valence-corrected chi connectivity index (χ0v) is 20.7. The van der Waals surface area contributed by atoms with Crippen LogP contribution in [0.4, 0.5) is 27.8 Å². The highest BCUT2D eigenvalue weighted by Crippen LogP contribution is 2.33. The Morgan fingerprint density at radius 3 is 2.42 bits per heavy atom. The summed E-state index contributed by atoms with van der Waals surface area (Å²) in [4.78, 5) is 18.7. The van der Waals surface area contributed by atoms with Crippen LogP contribution in [0.15, 0.2) is 47.3 Å². The monoisotopic (exact) mass is 539 g/mol. The van der Waals surface area contributed by atoms with Crippen molar-refractivity contribution in [3.8, 4) is 23.1 Å². The Morgan fingerprint density at radius 1 is 1.05 bits per heavy atom. The standard InChI is InChI=1S/C26H26F5N3O4/c1-3-9-33-17(4-2)8-10-34-23(33)14-22(32-25(34)35)36-15-16-11-20(27)24(21(28)12-16)37-18-6-5-7-19(13-18)38-26(29,30)31/h5-7,11-14,17H,3-4,8-10,15H2,1-2H3. The molecule has 1 atom stereocenters. The molecule has 1 aromatic heterocycles. The molecule has 0 N–H and O–H groups in total. The first-order valence-electron chi connectivity index (χ1n) is 12.1. The van der Waals surface area contributed by atoms with Crippen molar-refractivity contribution in [2.24, 2.45) is 0 Å². The molecule has 0 fully saturated rings. The molecule has 0 saturated heterocycles. The van der Waals surface area contributed by atoms with Crippen LogP contribution in [0.5, 0.6) is 23.1 Å². The molecule has 0 spiro atoms. The second kappa shape index (κ2) is 11.3. The number of fused-ring (bicyclic) bond motifs is 1. The van der Waals surface area contributed by atoms with Crippen molar-refractivity contribution >= 4 is 5.82 Å². The van der Waals surface area contributed by atoms with E-state index in [0.29, 0.717) is 12.4 Å². The van der Waals surface area contributed by atoms with E-state index in [1.165, 1.54) is 12.1 Å². The molecule has 1 aliphatic heterocycles. The van der Waals surface area contributed by atoms with E-state index in [4.69, 9.17) is 9.47 Å². The van der Waals surface area contributed by atoms with Crippen molar-refractivity contribution in [2.45, 2.75) is 58.7 Å². The largest absolute Gasteiger partial charge is 0.573 e. The number of rotatable bonds is 9. The number of anilines is 1. The topological polar surface area (TPSA) is 65.8 Å². The van der Waals surface area contributed by atoms with Crippen LogP contribution in [-0.4, -0.2) is 28.5 Å². The van der Waals surface area contributed by atoms with Crippen LogP contribution in [0, 0.1) is 11.6 Å². The van der Waals surface area contributed by atoms with Gasteiger partial charge in [0.2, 0.25) is 5.88 Å². The Bertz CT molecular complexity index is 1320. The quantitative estimate of drug-likeness (QED) is 0.302. The van der Waals surface area contributed by atoms with E-state index >= 15 is 0 Å². The highest BCUT2D eigenvalue weighted by atomic mass is 19.4. The zero-order chi connectivity index (χ0) is 27.4. The predicted molar refractivity (Wildman–Crippen MR) is 129 cm³/mol. The zero-order valence-electron chi connectivity index (χ0n) is 20.7. The predicted octanol–water partition coefficient (Wildman–Crippen LogP) is 6.19. The van der Waals surface area contributed by atoms with Crippen LogP contribution in [0.1, 0.15) is 38.7 Å². The molecule has 0 radical (unpaired) electrons. The van der Waals surface area contributed by atoms with E-state index in [1.54, 1.807) is 10.6 Å². The lowest BCUT2D eigenvalue weighted by atomic mass is 10.1. The molecule has 4 rings (SSSR count). The van der Waals surface area contributed by atoms with Gasteiger partial charge in [-0.25, -0.2) is 13.6 Å². The van der Waals surface area contributed by atoms with Crippen LogP contribution in [-0.2, 0) is 13.2 Å². The molecule has 0 aliphatic carbocycles. The van der Waals surface area contributed by atoms with Crippen LogP contribution >= 0.6 is 0 Å². The fourth-order valence-electron chi connectivity index (χ4n) is 4.38. The fourth-order valence-corrected chi connectivity index (χ4v) is 4.38. The number of alkyl halides is 3. The highest BCUT2D eigenvalue weighted by molar-refractivity contribution is 5.45. The van der Waals surface area contributed by atoms with Crippen LogP contribution in [0.25, 0.3) is 0 Å². The number of ether oxygens (including phenoxy) is 3. The van der Waals surface area contributed by atoms with Crippen LogP contribution in [0.2, 0.25) is 0 Å². The molecule has 3 aromatic rings. The maximum absolute atomic E-state index is 14.7. The second-order valence-corrected chi connectivity index (χ2v) is 8.73. The summed E-state index contributed by atoms with van der Waals surface area (Å²) in [5.41, 5.74) is -0.371. The minimum Gasteiger partial charge on any atom is -0.473 e. The van der Waals surface area contributed by atoms with Crippen molar-refractivity contribution in [2.75, 3.05) is 11.4 Å². The molecule has 12 heteroatoms. The summed E-state index contributed by atoms with van der Waals surface area (Å²) >= 11 is 0. The summed E-state index contributed by atoms with van der Waals surface area (Å²) in [6, 6.07) is 8.16. The molecule has 0 bridgehead atoms. The summed E-state index contributed by atoms with van der Waals surface area (Å²) in [5.74, 6) is -3.12. The van der Waals surface area contributed by atoms with Gasteiger partial charge >= 0.3 is 12.1 Å². The van der Waals surface area contributed by atoms with Gasteiger partial charge < -0.3 is 19.1 Å². The number of nitrogens with zero attached hydrogens (tertiary/aromatic N) is 3. The van der Waals surface area contributed by atoms with Gasteiger partial charge in [0.05, 0.1) is 0 Å². The third kappa shape index (κ3) is 6.35. The molecular weight excluding hydrogens is 513 g/mol. The van der Waals surface area contributed by atoms with E-state index in [0.717, 1.165) is 50.1 Å². The van der Waals surface area contributed by atoms with E-state index in [9.17, 15) is 26.7 Å². The number of aromatic nitrogens is 2. The van der Waals surface area contributed by atoms with Gasteiger partial charge in [-0.1, -0.05) is 19.9 Å². The van der Waals surface area contributed by atoms with Gasteiger partial charge in [-0.15, -0.1) is 13.2 Å². The summed E-state index contributed by atoms with van der Waals surface area (Å²) in [7, 11) is 0. The highest BCUT2D eigenvalue weighted by Gasteiger charge is 2.31. The van der Waals surface area contributed by atoms with Gasteiger partial charge in [-0.3, -0.25) is 4.57 Å². The van der Waals surface area contributed by atoms with Crippen molar-refractivity contribution in [3.63, 3.8) is 0 Å². The number of benzene rings is 2. The maximum Gasteiger partial charge on any atom is 0.573 e. The second-order valence-electron chi connectivity index (χ2n) is 8.73. The van der Waals surface area contributed by atoms with E-state index in [-0.39, 0.29) is 29.8 Å². The van der Waals surface area contributed by atoms with Gasteiger partial charge in [-0.05, 0) is 49.1 Å². The molecule has 2 heterocycles. The van der Waals surface area contributed by atoms with Gasteiger partial charge in [0.1, 0.15) is 23.9 Å². The summed E-state index contributed by atoms with van der Waals surface area (Å²) in [5, 5.41) is 0. The van der Waals surface area contributed by atoms with Gasteiger partial charge in [-0.2, -0.15) is 4.98 Å². The first kappa shape index (κ1) is 27.2. The van der Waals surface area contributed by atoms with E-state index < -0.39 is 35.2 Å². The minimum absolute atomic E-state index is 0.0294. The Balaban J connectivity index is 1.50. The molecule has 2 aromatic carbocycles. The van der Waals surface area contributed by atoms with E-state index in [1.807, 2.05) is 6.92 Å². The molecule has 0 amide bonds. The summed E-state index contributed by atoms with van der Waals surface area (Å²) in [6.07, 6.45) is -2.30. The van der Waals surface area contributed by atoms with Gasteiger partial charge in [0.25, 0.3) is 0 Å². The Morgan fingerprint density at radius 2 is 1.76 bits per heavy atom. The molecular formula is C26H26F5N3O4. The van der Waals surface area contributed by atoms with Crippen molar-refractivity contribution in [1.29, 1.82) is 0 Å². The Hall–Kier alpha value is -3.83. The van der Waals surface area contributed by atoms with Crippen LogP contribution in [0.3, 0.4) is 0 Å². The third-order valence-electron chi connectivity index (χ3n) is 6.03. The summed E-state index contributed by atoms with van der Waals surface area (Å²) in [6.45, 7) is 5.15. The first-order chi connectivity index (χ1) is 18.1. The molecule has 1 unspecified atom stereocenters. The number of halogens is 5. The molecule has 1 aliphatic rings. The smallest absolute Gasteiger partial charge is 0.473 e. The Labute approximate surface area is 215 Å². The van der Waals surface area contributed by atoms with Crippen molar-refractivity contribution in [1.82, 2.24) is 9.55 Å². The maximum atomic E-state index is 14.7. The average molecular weight is 540 g/mol. The molecule has 204 valence electrons. The van der Waals surface area contributed by atoms with Crippen LogP contribution < -0.4 is 24.8 Å². The normalized spacial score (nSPS) is 15.2. The lowest BCUT2D eigenvalue weighted by Crippen LogP contribution is -2.45. The average Bonchev–Trinajstić information content (AvgIpc) is 2.85. The first-order valence-corrected chi connectivity index (χ1v) is 12.1. The lowest BCUT2D eigenvalue weighted by molar-refractivity contribution is -0.274. The van der Waals surface area contributed by atoms with E-state index in [2.05, 4.69) is 21.5 Å². The minimum atomic E-state index is -4.93. The number of hydrogen-bond acceptors (Lipinski definition) is 6.